The molecule has 0 aliphatic carbocycles. The number of esters is 1. The number of rotatable bonds is 35. The molecule has 0 bridgehead atoms. The molecule has 1 unspecified atom stereocenters. The zero-order valence-electron chi connectivity index (χ0n) is 29.4. The SMILES string of the molecule is CC/C=C\C/C=C\C/C=C\CCCCCC(=O)OC(CO)COCCCCCCCCCCCCCCCCCCCCC. The third-order valence-electron chi connectivity index (χ3n) is 8.23. The maximum atomic E-state index is 12.1. The number of unbranched alkanes of at least 4 members (excludes halogenated alkanes) is 21. The summed E-state index contributed by atoms with van der Waals surface area (Å²) in [5.41, 5.74) is 0. The lowest BCUT2D eigenvalue weighted by Crippen LogP contribution is -2.27. The number of hydrogen-bond donors (Lipinski definition) is 1. The maximum Gasteiger partial charge on any atom is 0.306 e. The molecular formula is C40H74O4. The second-order valence-corrected chi connectivity index (χ2v) is 12.6. The Balaban J connectivity index is 3.43. The van der Waals surface area contributed by atoms with Crippen LogP contribution in [0.15, 0.2) is 36.5 Å². The van der Waals surface area contributed by atoms with E-state index in [1.165, 1.54) is 116 Å². The van der Waals surface area contributed by atoms with Gasteiger partial charge in [0.2, 0.25) is 0 Å². The standard InChI is InChI=1S/C40H74O4/c1-3-5-7-9-11-13-15-17-18-19-20-21-22-24-26-28-30-32-34-36-43-38-39(37-41)44-40(42)35-33-31-29-27-25-23-16-14-12-10-8-6-4-2/h6,8,12,14,23,25,39,41H,3-5,7,9-11,13,15-22,24,26-38H2,1-2H3/b8-6-,14-12-,25-23-. The summed E-state index contributed by atoms with van der Waals surface area (Å²) in [6.07, 6.45) is 46.2. The van der Waals surface area contributed by atoms with Crippen molar-refractivity contribution in [3.05, 3.63) is 36.5 Å². The summed E-state index contributed by atoms with van der Waals surface area (Å²) in [6.45, 7) is 5.22. The van der Waals surface area contributed by atoms with Gasteiger partial charge in [-0.3, -0.25) is 4.79 Å². The fourth-order valence-corrected chi connectivity index (χ4v) is 5.40. The summed E-state index contributed by atoms with van der Waals surface area (Å²) in [5, 5.41) is 9.55. The van der Waals surface area contributed by atoms with E-state index in [1.807, 2.05) is 0 Å². The summed E-state index contributed by atoms with van der Waals surface area (Å²) >= 11 is 0. The van der Waals surface area contributed by atoms with Crippen LogP contribution in [0.1, 0.15) is 187 Å². The van der Waals surface area contributed by atoms with Gasteiger partial charge in [0.15, 0.2) is 0 Å². The molecule has 0 rings (SSSR count). The Labute approximate surface area is 274 Å². The number of allylic oxidation sites excluding steroid dienone is 6. The van der Waals surface area contributed by atoms with E-state index >= 15 is 0 Å². The van der Waals surface area contributed by atoms with Crippen LogP contribution in [-0.4, -0.2) is 37.0 Å². The molecule has 4 heteroatoms. The highest BCUT2D eigenvalue weighted by molar-refractivity contribution is 5.69. The van der Waals surface area contributed by atoms with Gasteiger partial charge in [-0.25, -0.2) is 0 Å². The Bertz CT molecular complexity index is 654. The lowest BCUT2D eigenvalue weighted by molar-refractivity contribution is -0.154. The van der Waals surface area contributed by atoms with Crippen LogP contribution in [0.5, 0.6) is 0 Å². The molecule has 1 atom stereocenters. The van der Waals surface area contributed by atoms with Gasteiger partial charge in [0.05, 0.1) is 13.2 Å². The molecule has 0 fully saturated rings. The molecule has 0 aromatic carbocycles. The number of carbonyl (C=O) groups excluding carboxylic acids is 1. The van der Waals surface area contributed by atoms with Crippen LogP contribution in [0.2, 0.25) is 0 Å². The lowest BCUT2D eigenvalue weighted by Gasteiger charge is -2.15. The molecule has 0 aliphatic rings. The molecule has 0 radical (unpaired) electrons. The predicted octanol–water partition coefficient (Wildman–Crippen LogP) is 12.1. The third-order valence-corrected chi connectivity index (χ3v) is 8.23. The van der Waals surface area contributed by atoms with Gasteiger partial charge in [-0.15, -0.1) is 0 Å². The van der Waals surface area contributed by atoms with Gasteiger partial charge in [-0.1, -0.05) is 172 Å². The van der Waals surface area contributed by atoms with E-state index in [9.17, 15) is 9.90 Å². The lowest BCUT2D eigenvalue weighted by atomic mass is 10.0. The third kappa shape index (κ3) is 35.1. The fourth-order valence-electron chi connectivity index (χ4n) is 5.40. The summed E-state index contributed by atoms with van der Waals surface area (Å²) in [4.78, 5) is 12.1. The Morgan fingerprint density at radius 1 is 0.568 bits per heavy atom. The first-order valence-electron chi connectivity index (χ1n) is 19.1. The minimum atomic E-state index is -0.545. The van der Waals surface area contributed by atoms with Gasteiger partial charge < -0.3 is 14.6 Å². The molecule has 0 saturated carbocycles. The second-order valence-electron chi connectivity index (χ2n) is 12.6. The highest BCUT2D eigenvalue weighted by Gasteiger charge is 2.13. The molecule has 258 valence electrons. The van der Waals surface area contributed by atoms with Gasteiger partial charge in [0.25, 0.3) is 0 Å². The van der Waals surface area contributed by atoms with Crippen molar-refractivity contribution < 1.29 is 19.4 Å². The van der Waals surface area contributed by atoms with Crippen molar-refractivity contribution in [1.29, 1.82) is 0 Å². The Kier molecular flexibility index (Phi) is 36.6. The normalized spacial score (nSPS) is 12.7. The van der Waals surface area contributed by atoms with Crippen molar-refractivity contribution in [2.75, 3.05) is 19.8 Å². The molecule has 1 N–H and O–H groups in total. The van der Waals surface area contributed by atoms with Crippen LogP contribution in [0, 0.1) is 0 Å². The van der Waals surface area contributed by atoms with E-state index in [1.54, 1.807) is 0 Å². The van der Waals surface area contributed by atoms with Crippen molar-refractivity contribution in [1.82, 2.24) is 0 Å². The first-order valence-corrected chi connectivity index (χ1v) is 19.1. The van der Waals surface area contributed by atoms with Crippen LogP contribution in [0.25, 0.3) is 0 Å². The molecule has 0 heterocycles. The summed E-state index contributed by atoms with van der Waals surface area (Å²) in [5.74, 6) is -0.228. The predicted molar refractivity (Wildman–Crippen MR) is 191 cm³/mol. The number of aliphatic hydroxyl groups is 1. The van der Waals surface area contributed by atoms with Gasteiger partial charge in [-0.2, -0.15) is 0 Å². The molecule has 0 spiro atoms. The van der Waals surface area contributed by atoms with E-state index in [0.717, 1.165) is 51.4 Å². The Hall–Kier alpha value is -1.39. The van der Waals surface area contributed by atoms with Crippen molar-refractivity contribution in [3.63, 3.8) is 0 Å². The van der Waals surface area contributed by atoms with Crippen molar-refractivity contribution in [2.45, 2.75) is 193 Å². The number of hydrogen-bond acceptors (Lipinski definition) is 4. The average molecular weight is 619 g/mol. The summed E-state index contributed by atoms with van der Waals surface area (Å²) in [7, 11) is 0. The van der Waals surface area contributed by atoms with Crippen LogP contribution in [0.4, 0.5) is 0 Å². The quantitative estimate of drug-likeness (QED) is 0.0436. The van der Waals surface area contributed by atoms with E-state index in [-0.39, 0.29) is 19.2 Å². The number of ether oxygens (including phenoxy) is 2. The van der Waals surface area contributed by atoms with E-state index in [2.05, 4.69) is 50.3 Å². The topological polar surface area (TPSA) is 55.8 Å². The molecule has 0 aromatic heterocycles. The molecule has 0 aromatic rings. The van der Waals surface area contributed by atoms with Crippen molar-refractivity contribution >= 4 is 5.97 Å². The average Bonchev–Trinajstić information content (AvgIpc) is 3.03. The summed E-state index contributed by atoms with van der Waals surface area (Å²) in [6, 6.07) is 0. The van der Waals surface area contributed by atoms with Gasteiger partial charge in [0.1, 0.15) is 6.10 Å². The van der Waals surface area contributed by atoms with E-state index in [4.69, 9.17) is 9.47 Å². The highest BCUT2D eigenvalue weighted by Crippen LogP contribution is 2.15. The molecule has 4 nitrogen and oxygen atoms in total. The highest BCUT2D eigenvalue weighted by atomic mass is 16.6. The molecule has 0 aliphatic heterocycles. The van der Waals surface area contributed by atoms with Crippen molar-refractivity contribution in [2.24, 2.45) is 0 Å². The van der Waals surface area contributed by atoms with Gasteiger partial charge >= 0.3 is 5.97 Å². The van der Waals surface area contributed by atoms with Crippen molar-refractivity contribution in [3.8, 4) is 0 Å². The first kappa shape index (κ1) is 42.6. The van der Waals surface area contributed by atoms with Crippen LogP contribution < -0.4 is 0 Å². The molecule has 44 heavy (non-hydrogen) atoms. The van der Waals surface area contributed by atoms with Gasteiger partial charge in [-0.05, 0) is 44.9 Å². The molecule has 0 amide bonds. The van der Waals surface area contributed by atoms with Crippen LogP contribution >= 0.6 is 0 Å². The minimum absolute atomic E-state index is 0.181. The van der Waals surface area contributed by atoms with Crippen LogP contribution in [0.3, 0.4) is 0 Å². The largest absolute Gasteiger partial charge is 0.457 e. The monoisotopic (exact) mass is 619 g/mol. The minimum Gasteiger partial charge on any atom is -0.457 e. The zero-order valence-corrected chi connectivity index (χ0v) is 29.4. The van der Waals surface area contributed by atoms with E-state index in [0.29, 0.717) is 13.0 Å². The Morgan fingerprint density at radius 2 is 1.02 bits per heavy atom. The number of aliphatic hydroxyl groups excluding tert-OH is 1. The Morgan fingerprint density at radius 3 is 1.52 bits per heavy atom. The molecule has 0 saturated heterocycles. The second kappa shape index (κ2) is 37.8. The molecular weight excluding hydrogens is 544 g/mol. The number of carbonyl (C=O) groups is 1. The fraction of sp³-hybridized carbons (Fsp3) is 0.825. The van der Waals surface area contributed by atoms with Crippen LogP contribution in [-0.2, 0) is 14.3 Å². The maximum absolute atomic E-state index is 12.1. The smallest absolute Gasteiger partial charge is 0.306 e. The van der Waals surface area contributed by atoms with Gasteiger partial charge in [0, 0.05) is 13.0 Å². The zero-order chi connectivity index (χ0) is 32.0. The van der Waals surface area contributed by atoms with E-state index < -0.39 is 6.10 Å². The first-order chi connectivity index (χ1) is 21.7. The summed E-state index contributed by atoms with van der Waals surface area (Å²) < 4.78 is 11.1.